The molecule has 1 N–H and O–H groups in total. The molecule has 1 amide bonds. The summed E-state index contributed by atoms with van der Waals surface area (Å²) in [4.78, 5) is 12.5. The molecule has 0 aliphatic heterocycles. The molecule has 0 saturated heterocycles. The summed E-state index contributed by atoms with van der Waals surface area (Å²) < 4.78 is 5.52. The second-order valence-electron chi connectivity index (χ2n) is 5.68. The molecular weight excluding hydrogens is 274 g/mol. The van der Waals surface area contributed by atoms with Crippen molar-refractivity contribution in [1.82, 2.24) is 5.32 Å². The van der Waals surface area contributed by atoms with E-state index in [1.807, 2.05) is 38.1 Å². The maximum absolute atomic E-state index is 12.5. The highest BCUT2D eigenvalue weighted by Crippen LogP contribution is 2.31. The number of hydrogen-bond donors (Lipinski definition) is 1. The van der Waals surface area contributed by atoms with Gasteiger partial charge in [-0.1, -0.05) is 24.3 Å². The van der Waals surface area contributed by atoms with Crippen LogP contribution < -0.4 is 10.1 Å². The quantitative estimate of drug-likeness (QED) is 0.931. The standard InChI is InChI=1S/C19H21NO2/c1-3-22-18-11-9-15(12-13(18)2)19(21)20-17-10-8-14-6-4-5-7-16(14)17/h4-7,9,11-12,17H,3,8,10H2,1-2H3,(H,20,21)/t17-/m0/s1. The maximum Gasteiger partial charge on any atom is 0.251 e. The summed E-state index contributed by atoms with van der Waals surface area (Å²) in [5.41, 5.74) is 4.26. The van der Waals surface area contributed by atoms with Crippen LogP contribution in [0.2, 0.25) is 0 Å². The molecule has 0 bridgehead atoms. The smallest absolute Gasteiger partial charge is 0.251 e. The van der Waals surface area contributed by atoms with Crippen LogP contribution in [0.5, 0.6) is 5.75 Å². The number of amides is 1. The molecule has 1 atom stereocenters. The van der Waals surface area contributed by atoms with Crippen LogP contribution in [0.15, 0.2) is 42.5 Å². The van der Waals surface area contributed by atoms with Gasteiger partial charge in [0.05, 0.1) is 12.6 Å². The molecule has 2 aromatic rings. The third-order valence-corrected chi connectivity index (χ3v) is 4.18. The Bertz CT molecular complexity index is 694. The first kappa shape index (κ1) is 14.6. The third-order valence-electron chi connectivity index (χ3n) is 4.18. The van der Waals surface area contributed by atoms with Gasteiger partial charge < -0.3 is 10.1 Å². The van der Waals surface area contributed by atoms with Crippen LogP contribution in [0, 0.1) is 6.92 Å². The molecule has 0 aromatic heterocycles. The van der Waals surface area contributed by atoms with Crippen molar-refractivity contribution in [2.45, 2.75) is 32.7 Å². The first-order valence-electron chi connectivity index (χ1n) is 7.81. The van der Waals surface area contributed by atoms with E-state index < -0.39 is 0 Å². The van der Waals surface area contributed by atoms with Gasteiger partial charge >= 0.3 is 0 Å². The van der Waals surface area contributed by atoms with Crippen molar-refractivity contribution in [2.75, 3.05) is 6.61 Å². The summed E-state index contributed by atoms with van der Waals surface area (Å²) in [6, 6.07) is 14.0. The molecule has 1 aliphatic carbocycles. The molecule has 2 aromatic carbocycles. The summed E-state index contributed by atoms with van der Waals surface area (Å²) in [7, 11) is 0. The molecule has 0 fully saturated rings. The van der Waals surface area contributed by atoms with Gasteiger partial charge in [0.2, 0.25) is 0 Å². The Hall–Kier alpha value is -2.29. The van der Waals surface area contributed by atoms with Crippen molar-refractivity contribution in [3.63, 3.8) is 0 Å². The number of nitrogens with one attached hydrogen (secondary N) is 1. The zero-order valence-electron chi connectivity index (χ0n) is 13.1. The van der Waals surface area contributed by atoms with Crippen LogP contribution in [-0.4, -0.2) is 12.5 Å². The molecule has 0 radical (unpaired) electrons. The minimum Gasteiger partial charge on any atom is -0.494 e. The molecular formula is C19H21NO2. The predicted octanol–water partition coefficient (Wildman–Crippen LogP) is 3.81. The lowest BCUT2D eigenvalue weighted by molar-refractivity contribution is 0.0936. The highest BCUT2D eigenvalue weighted by atomic mass is 16.5. The fraction of sp³-hybridized carbons (Fsp3) is 0.316. The van der Waals surface area contributed by atoms with Crippen molar-refractivity contribution in [3.05, 3.63) is 64.7 Å². The normalized spacial score (nSPS) is 16.2. The summed E-state index contributed by atoms with van der Waals surface area (Å²) in [5, 5.41) is 3.15. The van der Waals surface area contributed by atoms with Crippen molar-refractivity contribution in [2.24, 2.45) is 0 Å². The monoisotopic (exact) mass is 295 g/mol. The molecule has 3 heteroatoms. The molecule has 0 unspecified atom stereocenters. The van der Waals surface area contributed by atoms with Gasteiger partial charge in [0.25, 0.3) is 5.91 Å². The number of carbonyl (C=O) groups is 1. The number of benzene rings is 2. The van der Waals surface area contributed by atoms with E-state index in [9.17, 15) is 4.79 Å². The summed E-state index contributed by atoms with van der Waals surface area (Å²) in [6.45, 7) is 4.55. The fourth-order valence-electron chi connectivity index (χ4n) is 3.06. The number of rotatable bonds is 4. The van der Waals surface area contributed by atoms with Crippen molar-refractivity contribution in [3.8, 4) is 5.75 Å². The average molecular weight is 295 g/mol. The van der Waals surface area contributed by atoms with Crippen molar-refractivity contribution < 1.29 is 9.53 Å². The number of fused-ring (bicyclic) bond motifs is 1. The van der Waals surface area contributed by atoms with Gasteiger partial charge in [-0.15, -0.1) is 0 Å². The van der Waals surface area contributed by atoms with Gasteiger partial charge in [-0.3, -0.25) is 4.79 Å². The summed E-state index contributed by atoms with van der Waals surface area (Å²) >= 11 is 0. The number of ether oxygens (including phenoxy) is 1. The van der Waals surface area contributed by atoms with Gasteiger partial charge in [0.1, 0.15) is 5.75 Å². The van der Waals surface area contributed by atoms with Crippen molar-refractivity contribution >= 4 is 5.91 Å². The van der Waals surface area contributed by atoms with Crippen LogP contribution in [-0.2, 0) is 6.42 Å². The summed E-state index contributed by atoms with van der Waals surface area (Å²) in [5.74, 6) is 0.818. The zero-order chi connectivity index (χ0) is 15.5. The van der Waals surface area contributed by atoms with Crippen LogP contribution in [0.25, 0.3) is 0 Å². The average Bonchev–Trinajstić information content (AvgIpc) is 2.93. The Kier molecular flexibility index (Phi) is 4.14. The van der Waals surface area contributed by atoms with E-state index in [1.165, 1.54) is 11.1 Å². The van der Waals surface area contributed by atoms with E-state index >= 15 is 0 Å². The molecule has 0 saturated carbocycles. The Labute approximate surface area is 131 Å². The lowest BCUT2D eigenvalue weighted by Gasteiger charge is -2.15. The van der Waals surface area contributed by atoms with Gasteiger partial charge in [0.15, 0.2) is 0 Å². The van der Waals surface area contributed by atoms with Crippen LogP contribution in [0.1, 0.15) is 46.4 Å². The second kappa shape index (κ2) is 6.22. The van der Waals surface area contributed by atoms with Crippen LogP contribution in [0.4, 0.5) is 0 Å². The molecule has 3 nitrogen and oxygen atoms in total. The SMILES string of the molecule is CCOc1ccc(C(=O)N[C@H]2CCc3ccccc32)cc1C. The molecule has 1 aliphatic rings. The number of aryl methyl sites for hydroxylation is 2. The topological polar surface area (TPSA) is 38.3 Å². The Morgan fingerprint density at radius 1 is 1.27 bits per heavy atom. The highest BCUT2D eigenvalue weighted by molar-refractivity contribution is 5.95. The predicted molar refractivity (Wildman–Crippen MR) is 87.3 cm³/mol. The second-order valence-corrected chi connectivity index (χ2v) is 5.68. The van der Waals surface area contributed by atoms with Gasteiger partial charge in [-0.05, 0) is 61.6 Å². The van der Waals surface area contributed by atoms with E-state index in [0.717, 1.165) is 24.2 Å². The first-order valence-corrected chi connectivity index (χ1v) is 7.81. The highest BCUT2D eigenvalue weighted by Gasteiger charge is 2.23. The fourth-order valence-corrected chi connectivity index (χ4v) is 3.06. The maximum atomic E-state index is 12.5. The lowest BCUT2D eigenvalue weighted by Crippen LogP contribution is -2.27. The molecule has 3 rings (SSSR count). The van der Waals surface area contributed by atoms with E-state index in [0.29, 0.717) is 12.2 Å². The van der Waals surface area contributed by atoms with E-state index in [1.54, 1.807) is 0 Å². The summed E-state index contributed by atoms with van der Waals surface area (Å²) in [6.07, 6.45) is 2.00. The molecule has 22 heavy (non-hydrogen) atoms. The Morgan fingerprint density at radius 2 is 2.09 bits per heavy atom. The van der Waals surface area contributed by atoms with Gasteiger partial charge in [-0.25, -0.2) is 0 Å². The first-order chi connectivity index (χ1) is 10.7. The van der Waals surface area contributed by atoms with Gasteiger partial charge in [-0.2, -0.15) is 0 Å². The largest absolute Gasteiger partial charge is 0.494 e. The van der Waals surface area contributed by atoms with Crippen LogP contribution >= 0.6 is 0 Å². The molecule has 114 valence electrons. The van der Waals surface area contributed by atoms with E-state index in [-0.39, 0.29) is 11.9 Å². The zero-order valence-corrected chi connectivity index (χ0v) is 13.1. The lowest BCUT2D eigenvalue weighted by atomic mass is 10.1. The van der Waals surface area contributed by atoms with E-state index in [4.69, 9.17) is 4.74 Å². The Morgan fingerprint density at radius 3 is 2.86 bits per heavy atom. The Balaban J connectivity index is 1.74. The number of carbonyl (C=O) groups excluding carboxylic acids is 1. The third kappa shape index (κ3) is 2.84. The van der Waals surface area contributed by atoms with Crippen molar-refractivity contribution in [1.29, 1.82) is 0 Å². The minimum atomic E-state index is -0.0205. The molecule has 0 heterocycles. The van der Waals surface area contributed by atoms with E-state index in [2.05, 4.69) is 23.5 Å². The van der Waals surface area contributed by atoms with Crippen LogP contribution in [0.3, 0.4) is 0 Å². The molecule has 0 spiro atoms. The number of hydrogen-bond acceptors (Lipinski definition) is 2. The minimum absolute atomic E-state index is 0.0205. The van der Waals surface area contributed by atoms with Gasteiger partial charge in [0, 0.05) is 5.56 Å².